The zero-order valence-corrected chi connectivity index (χ0v) is 16.5. The highest BCUT2D eigenvalue weighted by atomic mass is 32.1. The van der Waals surface area contributed by atoms with Gasteiger partial charge in [0, 0.05) is 20.5 Å². The fourth-order valence-electron chi connectivity index (χ4n) is 3.56. The van der Waals surface area contributed by atoms with Crippen LogP contribution in [0.1, 0.15) is 24.3 Å². The van der Waals surface area contributed by atoms with Gasteiger partial charge in [-0.05, 0) is 48.7 Å². The maximum absolute atomic E-state index is 11.5. The summed E-state index contributed by atoms with van der Waals surface area (Å²) < 4.78 is 1.15. The third-order valence-electron chi connectivity index (χ3n) is 5.12. The number of carbonyl (C=O) groups is 1. The Hall–Kier alpha value is -3.16. The Kier molecular flexibility index (Phi) is 4.41. The minimum Gasteiger partial charge on any atom is -0.481 e. The summed E-state index contributed by atoms with van der Waals surface area (Å²) in [6.07, 6.45) is 0.495. The molecular formula is C24H19NO2S. The van der Waals surface area contributed by atoms with Gasteiger partial charge in [-0.15, -0.1) is 11.3 Å². The number of rotatable bonds is 4. The van der Waals surface area contributed by atoms with E-state index in [4.69, 9.17) is 0 Å². The lowest BCUT2D eigenvalue weighted by molar-refractivity contribution is -0.146. The van der Waals surface area contributed by atoms with Gasteiger partial charge in [0.2, 0.25) is 0 Å². The summed E-state index contributed by atoms with van der Waals surface area (Å²) in [5.74, 6) is -0.789. The number of carboxylic acids is 1. The van der Waals surface area contributed by atoms with Crippen LogP contribution in [0.4, 0.5) is 0 Å². The SMILES string of the molecule is CC(C)(Cc1cc2cccc(-c3ccc(C#N)c4ccccc34)c2s1)C(=O)O. The number of aliphatic carboxylic acids is 1. The molecule has 0 amide bonds. The number of nitriles is 1. The average Bonchev–Trinajstić information content (AvgIpc) is 3.08. The van der Waals surface area contributed by atoms with Gasteiger partial charge >= 0.3 is 5.97 Å². The molecule has 138 valence electrons. The molecule has 0 saturated heterocycles. The molecule has 3 aromatic carbocycles. The summed E-state index contributed by atoms with van der Waals surface area (Å²) in [7, 11) is 0. The number of benzene rings is 3. The van der Waals surface area contributed by atoms with Gasteiger partial charge in [0.05, 0.1) is 17.0 Å². The quantitative estimate of drug-likeness (QED) is 0.452. The highest BCUT2D eigenvalue weighted by molar-refractivity contribution is 7.19. The Bertz CT molecular complexity index is 1260. The first-order valence-corrected chi connectivity index (χ1v) is 9.89. The first-order chi connectivity index (χ1) is 13.4. The summed E-state index contributed by atoms with van der Waals surface area (Å²) in [5.41, 5.74) is 2.07. The lowest BCUT2D eigenvalue weighted by Crippen LogP contribution is -2.25. The minimum atomic E-state index is -0.803. The number of hydrogen-bond donors (Lipinski definition) is 1. The van der Waals surface area contributed by atoms with Crippen molar-refractivity contribution < 1.29 is 9.90 Å². The zero-order valence-electron chi connectivity index (χ0n) is 15.7. The summed E-state index contributed by atoms with van der Waals surface area (Å²) in [6, 6.07) is 22.4. The van der Waals surface area contributed by atoms with Crippen molar-refractivity contribution in [2.75, 3.05) is 0 Å². The molecule has 4 rings (SSSR count). The van der Waals surface area contributed by atoms with Crippen LogP contribution in [0.15, 0.2) is 60.7 Å². The predicted octanol–water partition coefficient (Wildman–Crippen LogP) is 6.25. The highest BCUT2D eigenvalue weighted by Crippen LogP contribution is 2.40. The molecule has 4 aromatic rings. The van der Waals surface area contributed by atoms with Crippen LogP contribution in [0, 0.1) is 16.7 Å². The third kappa shape index (κ3) is 3.04. The predicted molar refractivity (Wildman–Crippen MR) is 115 cm³/mol. The molecule has 0 aliphatic rings. The van der Waals surface area contributed by atoms with Crippen LogP contribution in [-0.2, 0) is 11.2 Å². The van der Waals surface area contributed by atoms with Crippen molar-refractivity contribution in [1.29, 1.82) is 5.26 Å². The Balaban J connectivity index is 1.90. The number of thiophene rings is 1. The Morgan fingerprint density at radius 1 is 1.04 bits per heavy atom. The average molecular weight is 385 g/mol. The maximum Gasteiger partial charge on any atom is 0.309 e. The molecule has 0 spiro atoms. The molecule has 0 unspecified atom stereocenters. The van der Waals surface area contributed by atoms with Crippen LogP contribution in [0.2, 0.25) is 0 Å². The van der Waals surface area contributed by atoms with E-state index in [0.717, 1.165) is 36.9 Å². The van der Waals surface area contributed by atoms with Gasteiger partial charge < -0.3 is 5.11 Å². The lowest BCUT2D eigenvalue weighted by Gasteiger charge is -2.17. The Morgan fingerprint density at radius 2 is 1.79 bits per heavy atom. The van der Waals surface area contributed by atoms with E-state index in [2.05, 4.69) is 24.3 Å². The molecule has 3 nitrogen and oxygen atoms in total. The van der Waals surface area contributed by atoms with Crippen molar-refractivity contribution in [3.63, 3.8) is 0 Å². The van der Waals surface area contributed by atoms with Gasteiger partial charge in [-0.1, -0.05) is 48.5 Å². The van der Waals surface area contributed by atoms with Crippen LogP contribution >= 0.6 is 11.3 Å². The fraction of sp³-hybridized carbons (Fsp3) is 0.167. The molecule has 0 aliphatic heterocycles. The van der Waals surface area contributed by atoms with E-state index in [1.807, 2.05) is 42.5 Å². The molecule has 1 aromatic heterocycles. The van der Waals surface area contributed by atoms with E-state index in [1.54, 1.807) is 25.2 Å². The van der Waals surface area contributed by atoms with Gasteiger partial charge in [-0.3, -0.25) is 4.79 Å². The first kappa shape index (κ1) is 18.2. The van der Waals surface area contributed by atoms with Gasteiger partial charge in [-0.2, -0.15) is 5.26 Å². The molecule has 28 heavy (non-hydrogen) atoms. The molecule has 0 fully saturated rings. The van der Waals surface area contributed by atoms with Crippen molar-refractivity contribution in [1.82, 2.24) is 0 Å². The summed E-state index contributed by atoms with van der Waals surface area (Å²) in [5, 5.41) is 22.0. The third-order valence-corrected chi connectivity index (χ3v) is 6.31. The molecule has 0 saturated carbocycles. The highest BCUT2D eigenvalue weighted by Gasteiger charge is 2.28. The van der Waals surface area contributed by atoms with E-state index in [0.29, 0.717) is 12.0 Å². The van der Waals surface area contributed by atoms with Crippen LogP contribution < -0.4 is 0 Å². The molecule has 0 aliphatic carbocycles. The lowest BCUT2D eigenvalue weighted by atomic mass is 9.89. The summed E-state index contributed by atoms with van der Waals surface area (Å²) in [4.78, 5) is 12.6. The monoisotopic (exact) mass is 385 g/mol. The fourth-order valence-corrected chi connectivity index (χ4v) is 4.97. The van der Waals surface area contributed by atoms with E-state index in [-0.39, 0.29) is 0 Å². The van der Waals surface area contributed by atoms with E-state index < -0.39 is 11.4 Å². The normalized spacial score (nSPS) is 11.6. The maximum atomic E-state index is 11.5. The van der Waals surface area contributed by atoms with Crippen LogP contribution in [0.5, 0.6) is 0 Å². The summed E-state index contributed by atoms with van der Waals surface area (Å²) in [6.45, 7) is 3.52. The van der Waals surface area contributed by atoms with E-state index >= 15 is 0 Å². The second-order valence-electron chi connectivity index (χ2n) is 7.62. The van der Waals surface area contributed by atoms with Crippen LogP contribution in [0.3, 0.4) is 0 Å². The van der Waals surface area contributed by atoms with Crippen molar-refractivity contribution in [2.45, 2.75) is 20.3 Å². The van der Waals surface area contributed by atoms with Crippen LogP contribution in [-0.4, -0.2) is 11.1 Å². The molecule has 4 heteroatoms. The standard InChI is InChI=1S/C24H19NO2S/c1-24(2,23(26)27)13-17-12-15-6-5-9-21(22(15)28-17)20-11-10-16(14-25)18-7-3-4-8-19(18)20/h3-12H,13H2,1-2H3,(H,26,27). The second-order valence-corrected chi connectivity index (χ2v) is 8.76. The van der Waals surface area contributed by atoms with Gasteiger partial charge in [0.15, 0.2) is 0 Å². The Morgan fingerprint density at radius 3 is 2.50 bits per heavy atom. The van der Waals surface area contributed by atoms with Crippen molar-refractivity contribution in [2.24, 2.45) is 5.41 Å². The van der Waals surface area contributed by atoms with Crippen molar-refractivity contribution >= 4 is 38.2 Å². The number of carboxylic acid groups (broad SMARTS) is 1. The Labute approximate surface area is 167 Å². The summed E-state index contributed by atoms with van der Waals surface area (Å²) >= 11 is 1.65. The van der Waals surface area contributed by atoms with Gasteiger partial charge in [0.1, 0.15) is 0 Å². The molecule has 0 radical (unpaired) electrons. The number of hydrogen-bond acceptors (Lipinski definition) is 3. The van der Waals surface area contributed by atoms with Gasteiger partial charge in [-0.25, -0.2) is 0 Å². The molecule has 0 atom stereocenters. The van der Waals surface area contributed by atoms with Crippen molar-refractivity contribution in [3.05, 3.63) is 71.1 Å². The number of fused-ring (bicyclic) bond motifs is 2. The smallest absolute Gasteiger partial charge is 0.309 e. The number of nitrogens with zero attached hydrogens (tertiary/aromatic N) is 1. The molecular weight excluding hydrogens is 366 g/mol. The first-order valence-electron chi connectivity index (χ1n) is 9.08. The second kappa shape index (κ2) is 6.78. The molecule has 1 N–H and O–H groups in total. The zero-order chi connectivity index (χ0) is 19.9. The van der Waals surface area contributed by atoms with Gasteiger partial charge in [0.25, 0.3) is 0 Å². The largest absolute Gasteiger partial charge is 0.481 e. The minimum absolute atomic E-state index is 0.495. The van der Waals surface area contributed by atoms with Crippen LogP contribution in [0.25, 0.3) is 32.0 Å². The van der Waals surface area contributed by atoms with Crippen molar-refractivity contribution in [3.8, 4) is 17.2 Å². The topological polar surface area (TPSA) is 61.1 Å². The molecule has 0 bridgehead atoms. The molecule has 1 heterocycles. The van der Waals surface area contributed by atoms with E-state index in [1.165, 1.54) is 0 Å². The van der Waals surface area contributed by atoms with E-state index in [9.17, 15) is 15.2 Å².